The molecule has 1 aliphatic rings. The molecule has 1 amide bonds. The first-order valence-electron chi connectivity index (χ1n) is 5.27. The minimum Gasteiger partial charge on any atom is -0.508 e. The average molecular weight is 221 g/mol. The van der Waals surface area contributed by atoms with E-state index >= 15 is 0 Å². The zero-order chi connectivity index (χ0) is 11.9. The molecule has 1 heterocycles. The van der Waals surface area contributed by atoms with Crippen molar-refractivity contribution in [2.24, 2.45) is 0 Å². The summed E-state index contributed by atoms with van der Waals surface area (Å²) in [6.45, 7) is 4.03. The second kappa shape index (κ2) is 3.79. The Morgan fingerprint density at radius 1 is 1.31 bits per heavy atom. The molecule has 1 fully saturated rings. The number of anilines is 1. The normalized spacial score (nSPS) is 20.6. The number of rotatable bonds is 1. The Morgan fingerprint density at radius 3 is 2.31 bits per heavy atom. The molecule has 1 atom stereocenters. The predicted octanol–water partition coefficient (Wildman–Crippen LogP) is 1.11. The van der Waals surface area contributed by atoms with Gasteiger partial charge in [-0.1, -0.05) is 0 Å². The van der Waals surface area contributed by atoms with Crippen LogP contribution in [-0.2, 0) is 4.79 Å². The smallest absolute Gasteiger partial charge is 0.229 e. The lowest BCUT2D eigenvalue weighted by Crippen LogP contribution is -2.26. The molecule has 1 aromatic carbocycles. The molecular weight excluding hydrogens is 206 g/mol. The van der Waals surface area contributed by atoms with Gasteiger partial charge in [0.25, 0.3) is 0 Å². The Kier molecular flexibility index (Phi) is 2.59. The number of β-amino-alcohol motifs (C(OH)–C–C–N with tert-alkyl or cyclic N) is 1. The Labute approximate surface area is 94.1 Å². The maximum absolute atomic E-state index is 11.7. The molecule has 1 unspecified atom stereocenters. The minimum atomic E-state index is -0.583. The number of hydrogen-bond donors (Lipinski definition) is 2. The summed E-state index contributed by atoms with van der Waals surface area (Å²) in [7, 11) is 0. The molecule has 0 aromatic heterocycles. The third-order valence-corrected chi connectivity index (χ3v) is 2.85. The molecule has 0 aliphatic carbocycles. The van der Waals surface area contributed by atoms with E-state index in [0.29, 0.717) is 6.54 Å². The van der Waals surface area contributed by atoms with Crippen LogP contribution in [0.4, 0.5) is 5.69 Å². The number of phenolic OH excluding ortho intramolecular Hbond substituents is 1. The molecule has 2 N–H and O–H groups in total. The van der Waals surface area contributed by atoms with Gasteiger partial charge >= 0.3 is 0 Å². The Morgan fingerprint density at radius 2 is 1.88 bits per heavy atom. The maximum Gasteiger partial charge on any atom is 0.229 e. The lowest BCUT2D eigenvalue weighted by Gasteiger charge is -2.21. The van der Waals surface area contributed by atoms with E-state index in [1.165, 1.54) is 0 Å². The summed E-state index contributed by atoms with van der Waals surface area (Å²) >= 11 is 0. The van der Waals surface area contributed by atoms with Crippen molar-refractivity contribution in [3.63, 3.8) is 0 Å². The highest BCUT2D eigenvalue weighted by Gasteiger charge is 2.30. The summed E-state index contributed by atoms with van der Waals surface area (Å²) in [6.07, 6.45) is -0.403. The van der Waals surface area contributed by atoms with Crippen LogP contribution in [0.15, 0.2) is 12.1 Å². The first-order chi connectivity index (χ1) is 7.49. The number of aliphatic hydroxyl groups is 1. The van der Waals surface area contributed by atoms with Crippen molar-refractivity contribution in [2.75, 3.05) is 11.4 Å². The van der Waals surface area contributed by atoms with E-state index in [2.05, 4.69) is 0 Å². The average Bonchev–Trinajstić information content (AvgIpc) is 2.43. The van der Waals surface area contributed by atoms with Gasteiger partial charge in [0.1, 0.15) is 5.75 Å². The number of aryl methyl sites for hydroxylation is 2. The molecule has 4 nitrogen and oxygen atoms in total. The van der Waals surface area contributed by atoms with Crippen LogP contribution < -0.4 is 4.90 Å². The molecule has 16 heavy (non-hydrogen) atoms. The molecule has 0 bridgehead atoms. The summed E-state index contributed by atoms with van der Waals surface area (Å²) in [5.74, 6) is 0.135. The van der Waals surface area contributed by atoms with Crippen LogP contribution in [0.5, 0.6) is 5.75 Å². The second-order valence-corrected chi connectivity index (χ2v) is 4.29. The number of carbonyl (C=O) groups is 1. The van der Waals surface area contributed by atoms with Crippen LogP contribution in [-0.4, -0.2) is 28.8 Å². The van der Waals surface area contributed by atoms with E-state index in [9.17, 15) is 15.0 Å². The van der Waals surface area contributed by atoms with Crippen molar-refractivity contribution >= 4 is 11.6 Å². The third-order valence-electron chi connectivity index (χ3n) is 2.85. The summed E-state index contributed by atoms with van der Waals surface area (Å²) < 4.78 is 0. The molecule has 1 aromatic rings. The predicted molar refractivity (Wildman–Crippen MR) is 60.6 cm³/mol. The van der Waals surface area contributed by atoms with Gasteiger partial charge in [-0.2, -0.15) is 0 Å². The molecule has 4 heteroatoms. The van der Waals surface area contributed by atoms with Gasteiger partial charge in [-0.3, -0.25) is 4.79 Å². The molecular formula is C12H15NO3. The van der Waals surface area contributed by atoms with Crippen LogP contribution in [0.25, 0.3) is 0 Å². The second-order valence-electron chi connectivity index (χ2n) is 4.29. The monoisotopic (exact) mass is 221 g/mol. The van der Waals surface area contributed by atoms with Gasteiger partial charge < -0.3 is 15.1 Å². The minimum absolute atomic E-state index is 0.0654. The highest BCUT2D eigenvalue weighted by molar-refractivity contribution is 5.97. The maximum atomic E-state index is 11.7. The Balaban J connectivity index is 2.44. The number of benzene rings is 1. The van der Waals surface area contributed by atoms with Crippen molar-refractivity contribution in [3.05, 3.63) is 23.3 Å². The summed E-state index contributed by atoms with van der Waals surface area (Å²) in [4.78, 5) is 13.3. The lowest BCUT2D eigenvalue weighted by molar-refractivity contribution is -0.117. The van der Waals surface area contributed by atoms with Crippen LogP contribution in [0, 0.1) is 13.8 Å². The van der Waals surface area contributed by atoms with Crippen molar-refractivity contribution in [1.82, 2.24) is 0 Å². The number of hydrogen-bond acceptors (Lipinski definition) is 3. The fraction of sp³-hybridized carbons (Fsp3) is 0.417. The van der Waals surface area contributed by atoms with Crippen LogP contribution >= 0.6 is 0 Å². The van der Waals surface area contributed by atoms with E-state index in [0.717, 1.165) is 16.8 Å². The number of amides is 1. The molecule has 0 saturated carbocycles. The molecule has 0 radical (unpaired) electrons. The van der Waals surface area contributed by atoms with Gasteiger partial charge in [0, 0.05) is 5.69 Å². The highest BCUT2D eigenvalue weighted by Crippen LogP contribution is 2.31. The van der Waals surface area contributed by atoms with Gasteiger partial charge in [0.05, 0.1) is 19.1 Å². The van der Waals surface area contributed by atoms with Gasteiger partial charge in [-0.15, -0.1) is 0 Å². The first kappa shape index (κ1) is 11.0. The van der Waals surface area contributed by atoms with Crippen LogP contribution in [0.1, 0.15) is 17.5 Å². The molecule has 86 valence electrons. The van der Waals surface area contributed by atoms with E-state index < -0.39 is 6.10 Å². The van der Waals surface area contributed by atoms with E-state index in [1.807, 2.05) is 13.8 Å². The largest absolute Gasteiger partial charge is 0.508 e. The number of aliphatic hydroxyl groups excluding tert-OH is 1. The van der Waals surface area contributed by atoms with Gasteiger partial charge in [0.2, 0.25) is 5.91 Å². The van der Waals surface area contributed by atoms with Crippen LogP contribution in [0.2, 0.25) is 0 Å². The van der Waals surface area contributed by atoms with Gasteiger partial charge in [-0.05, 0) is 37.1 Å². The number of phenols is 1. The van der Waals surface area contributed by atoms with Gasteiger partial charge in [-0.25, -0.2) is 0 Å². The molecule has 0 spiro atoms. The third kappa shape index (κ3) is 1.76. The van der Waals surface area contributed by atoms with Crippen molar-refractivity contribution in [2.45, 2.75) is 26.4 Å². The Hall–Kier alpha value is -1.55. The first-order valence-corrected chi connectivity index (χ1v) is 5.27. The van der Waals surface area contributed by atoms with Crippen molar-refractivity contribution < 1.29 is 15.0 Å². The summed E-state index contributed by atoms with van der Waals surface area (Å²) in [6, 6.07) is 3.25. The zero-order valence-electron chi connectivity index (χ0n) is 9.40. The standard InChI is InChI=1S/C12H15NO3/c1-7-3-9(14)4-8(2)12(7)13-6-10(15)5-11(13)16/h3-4,10,14-15H,5-6H2,1-2H3. The van der Waals surface area contributed by atoms with Gasteiger partial charge in [0.15, 0.2) is 0 Å². The molecule has 1 saturated heterocycles. The summed E-state index contributed by atoms with van der Waals surface area (Å²) in [5.41, 5.74) is 2.50. The quantitative estimate of drug-likeness (QED) is 0.746. The van der Waals surface area contributed by atoms with E-state index in [1.54, 1.807) is 17.0 Å². The van der Waals surface area contributed by atoms with E-state index in [4.69, 9.17) is 0 Å². The fourth-order valence-electron chi connectivity index (χ4n) is 2.26. The fourth-order valence-corrected chi connectivity index (χ4v) is 2.26. The molecule has 2 rings (SSSR count). The molecule has 1 aliphatic heterocycles. The van der Waals surface area contributed by atoms with E-state index in [-0.39, 0.29) is 18.1 Å². The van der Waals surface area contributed by atoms with Crippen LogP contribution in [0.3, 0.4) is 0 Å². The lowest BCUT2D eigenvalue weighted by atomic mass is 10.1. The van der Waals surface area contributed by atoms with Crippen molar-refractivity contribution in [1.29, 1.82) is 0 Å². The summed E-state index contributed by atoms with van der Waals surface area (Å²) in [5, 5.41) is 18.9. The number of aromatic hydroxyl groups is 1. The highest BCUT2D eigenvalue weighted by atomic mass is 16.3. The number of carbonyl (C=O) groups excluding carboxylic acids is 1. The number of nitrogens with zero attached hydrogens (tertiary/aromatic N) is 1. The Bertz CT molecular complexity index is 419. The zero-order valence-corrected chi connectivity index (χ0v) is 9.40. The SMILES string of the molecule is Cc1cc(O)cc(C)c1N1CC(O)CC1=O. The topological polar surface area (TPSA) is 60.8 Å². The van der Waals surface area contributed by atoms with Crippen molar-refractivity contribution in [3.8, 4) is 5.75 Å².